The normalized spacial score (nSPS) is 20.6. The Balaban J connectivity index is 0.00000220. The fourth-order valence-corrected chi connectivity index (χ4v) is 2.56. The van der Waals surface area contributed by atoms with Gasteiger partial charge in [0.25, 0.3) is 5.91 Å². The van der Waals surface area contributed by atoms with Crippen molar-refractivity contribution < 1.29 is 13.9 Å². The number of likely N-dealkylation sites (tertiary alicyclic amines) is 1. The van der Waals surface area contributed by atoms with Crippen molar-refractivity contribution in [3.63, 3.8) is 0 Å². The fourth-order valence-electron chi connectivity index (χ4n) is 2.56. The Morgan fingerprint density at radius 2 is 2.14 bits per heavy atom. The highest BCUT2D eigenvalue weighted by atomic mass is 35.5. The van der Waals surface area contributed by atoms with Crippen molar-refractivity contribution in [2.45, 2.75) is 26.3 Å². The third-order valence-electron chi connectivity index (χ3n) is 3.99. The second-order valence-corrected chi connectivity index (χ2v) is 5.96. The number of nitrogens with two attached hydrogens (primary N) is 1. The van der Waals surface area contributed by atoms with E-state index in [1.165, 1.54) is 25.3 Å². The van der Waals surface area contributed by atoms with Crippen LogP contribution in [0.4, 0.5) is 4.39 Å². The summed E-state index contributed by atoms with van der Waals surface area (Å²) in [6.07, 6.45) is 0.746. The summed E-state index contributed by atoms with van der Waals surface area (Å²) in [5.74, 6) is -0.257. The second-order valence-electron chi connectivity index (χ2n) is 5.96. The van der Waals surface area contributed by atoms with E-state index in [-0.39, 0.29) is 35.3 Å². The molecule has 2 rings (SSSR count). The summed E-state index contributed by atoms with van der Waals surface area (Å²) in [5, 5.41) is 0. The summed E-state index contributed by atoms with van der Waals surface area (Å²) in [6.45, 7) is 5.23. The Hall–Kier alpha value is -1.33. The van der Waals surface area contributed by atoms with Crippen molar-refractivity contribution in [3.8, 4) is 5.75 Å². The van der Waals surface area contributed by atoms with Crippen LogP contribution >= 0.6 is 12.4 Å². The van der Waals surface area contributed by atoms with Crippen LogP contribution in [0.2, 0.25) is 0 Å². The van der Waals surface area contributed by atoms with Crippen molar-refractivity contribution in [1.82, 2.24) is 4.90 Å². The molecule has 1 unspecified atom stereocenters. The largest absolute Gasteiger partial charge is 0.496 e. The van der Waals surface area contributed by atoms with Gasteiger partial charge in [0.1, 0.15) is 11.6 Å². The fraction of sp³-hybridized carbons (Fsp3) is 0.533. The van der Waals surface area contributed by atoms with E-state index in [9.17, 15) is 9.18 Å². The van der Waals surface area contributed by atoms with Gasteiger partial charge >= 0.3 is 0 Å². The summed E-state index contributed by atoms with van der Waals surface area (Å²) in [5.41, 5.74) is 6.19. The zero-order valence-electron chi connectivity index (χ0n) is 12.6. The second kappa shape index (κ2) is 6.62. The van der Waals surface area contributed by atoms with E-state index < -0.39 is 5.82 Å². The summed E-state index contributed by atoms with van der Waals surface area (Å²) in [4.78, 5) is 14.3. The highest BCUT2D eigenvalue weighted by Gasteiger charge is 2.36. The maximum atomic E-state index is 13.4. The third kappa shape index (κ3) is 3.66. The number of amides is 1. The summed E-state index contributed by atoms with van der Waals surface area (Å²) >= 11 is 0. The Morgan fingerprint density at radius 1 is 1.48 bits per heavy atom. The van der Waals surface area contributed by atoms with Crippen LogP contribution in [0.15, 0.2) is 18.2 Å². The van der Waals surface area contributed by atoms with E-state index in [2.05, 4.69) is 0 Å². The lowest BCUT2D eigenvalue weighted by Gasteiger charge is -2.42. The van der Waals surface area contributed by atoms with E-state index in [1.807, 2.05) is 13.8 Å². The summed E-state index contributed by atoms with van der Waals surface area (Å²) < 4.78 is 18.5. The standard InChI is InChI=1S/C15H21FN2O2.ClH/c1-15(2)9-18(7-6-13(15)17)14(19)11-8-10(16)4-5-12(11)20-3;/h4-5,8,13H,6-7,9,17H2,1-3H3;1H. The van der Waals surface area contributed by atoms with Crippen LogP contribution in [0.1, 0.15) is 30.6 Å². The van der Waals surface area contributed by atoms with Crippen LogP contribution < -0.4 is 10.5 Å². The molecule has 0 saturated carbocycles. The first-order valence-corrected chi connectivity index (χ1v) is 6.73. The number of carbonyl (C=O) groups excluding carboxylic acids is 1. The van der Waals surface area contributed by atoms with Gasteiger partial charge in [-0.15, -0.1) is 12.4 Å². The van der Waals surface area contributed by atoms with Crippen LogP contribution in [0.3, 0.4) is 0 Å². The molecule has 2 N–H and O–H groups in total. The number of nitrogens with zero attached hydrogens (tertiary/aromatic N) is 1. The number of benzene rings is 1. The molecule has 1 aliphatic rings. The molecule has 1 aliphatic heterocycles. The van der Waals surface area contributed by atoms with E-state index in [4.69, 9.17) is 10.5 Å². The predicted molar refractivity (Wildman–Crippen MR) is 82.5 cm³/mol. The molecule has 0 aromatic heterocycles. The topological polar surface area (TPSA) is 55.6 Å². The zero-order valence-corrected chi connectivity index (χ0v) is 13.4. The first kappa shape index (κ1) is 17.7. The lowest BCUT2D eigenvalue weighted by atomic mass is 9.79. The van der Waals surface area contributed by atoms with Crippen molar-refractivity contribution >= 4 is 18.3 Å². The highest BCUT2D eigenvalue weighted by Crippen LogP contribution is 2.30. The maximum Gasteiger partial charge on any atom is 0.257 e. The van der Waals surface area contributed by atoms with Gasteiger partial charge in [0.2, 0.25) is 0 Å². The summed E-state index contributed by atoms with van der Waals surface area (Å²) in [6, 6.07) is 4.05. The van der Waals surface area contributed by atoms with Gasteiger partial charge in [0.05, 0.1) is 12.7 Å². The molecule has 118 valence electrons. The molecule has 0 spiro atoms. The number of hydrogen-bond acceptors (Lipinski definition) is 3. The molecule has 1 aromatic rings. The Morgan fingerprint density at radius 3 is 2.71 bits per heavy atom. The monoisotopic (exact) mass is 316 g/mol. The molecule has 1 atom stereocenters. The highest BCUT2D eigenvalue weighted by molar-refractivity contribution is 5.97. The molecule has 1 saturated heterocycles. The van der Waals surface area contributed by atoms with Crippen LogP contribution in [-0.4, -0.2) is 37.0 Å². The molecular weight excluding hydrogens is 295 g/mol. The first-order valence-electron chi connectivity index (χ1n) is 6.73. The summed E-state index contributed by atoms with van der Waals surface area (Å²) in [7, 11) is 1.47. The minimum absolute atomic E-state index is 0. The first-order chi connectivity index (χ1) is 9.35. The van der Waals surface area contributed by atoms with Crippen molar-refractivity contribution in [2.24, 2.45) is 11.1 Å². The number of rotatable bonds is 2. The number of piperidine rings is 1. The molecule has 1 amide bonds. The van der Waals surface area contributed by atoms with Crippen LogP contribution in [-0.2, 0) is 0 Å². The number of carbonyl (C=O) groups is 1. The molecular formula is C15H22ClFN2O2. The van der Waals surface area contributed by atoms with Crippen LogP contribution in [0.5, 0.6) is 5.75 Å². The maximum absolute atomic E-state index is 13.4. The van der Waals surface area contributed by atoms with E-state index >= 15 is 0 Å². The SMILES string of the molecule is COc1ccc(F)cc1C(=O)N1CCC(N)C(C)(C)C1.Cl. The number of methoxy groups -OCH3 is 1. The Labute approximate surface area is 130 Å². The number of ether oxygens (including phenoxy) is 1. The number of hydrogen-bond donors (Lipinski definition) is 1. The quantitative estimate of drug-likeness (QED) is 0.912. The van der Waals surface area contributed by atoms with Gasteiger partial charge in [0.15, 0.2) is 0 Å². The van der Waals surface area contributed by atoms with Gasteiger partial charge in [0, 0.05) is 19.1 Å². The van der Waals surface area contributed by atoms with Gasteiger partial charge in [-0.3, -0.25) is 4.79 Å². The van der Waals surface area contributed by atoms with E-state index in [0.29, 0.717) is 18.8 Å². The van der Waals surface area contributed by atoms with Crippen molar-refractivity contribution in [3.05, 3.63) is 29.6 Å². The average molecular weight is 317 g/mol. The van der Waals surface area contributed by atoms with E-state index in [1.54, 1.807) is 4.90 Å². The Bertz CT molecular complexity index is 522. The molecule has 1 fully saturated rings. The molecule has 0 aliphatic carbocycles. The minimum atomic E-state index is -0.442. The molecule has 21 heavy (non-hydrogen) atoms. The van der Waals surface area contributed by atoms with Crippen LogP contribution in [0, 0.1) is 11.2 Å². The predicted octanol–water partition coefficient (Wildman–Crippen LogP) is 2.46. The third-order valence-corrected chi connectivity index (χ3v) is 3.99. The van der Waals surface area contributed by atoms with Gasteiger partial charge in [-0.05, 0) is 30.0 Å². The average Bonchev–Trinajstić information content (AvgIpc) is 2.41. The smallest absolute Gasteiger partial charge is 0.257 e. The lowest BCUT2D eigenvalue weighted by Crippen LogP contribution is -2.54. The lowest BCUT2D eigenvalue weighted by molar-refractivity contribution is 0.0529. The van der Waals surface area contributed by atoms with Gasteiger partial charge in [-0.25, -0.2) is 4.39 Å². The molecule has 6 heteroatoms. The molecule has 1 heterocycles. The molecule has 0 radical (unpaired) electrons. The number of halogens is 2. The molecule has 0 bridgehead atoms. The minimum Gasteiger partial charge on any atom is -0.496 e. The molecule has 4 nitrogen and oxygen atoms in total. The van der Waals surface area contributed by atoms with Gasteiger partial charge in [-0.1, -0.05) is 13.8 Å². The van der Waals surface area contributed by atoms with Gasteiger partial charge < -0.3 is 15.4 Å². The van der Waals surface area contributed by atoms with Crippen molar-refractivity contribution in [1.29, 1.82) is 0 Å². The molecule has 1 aromatic carbocycles. The van der Waals surface area contributed by atoms with Gasteiger partial charge in [-0.2, -0.15) is 0 Å². The zero-order chi connectivity index (χ0) is 14.9. The van der Waals surface area contributed by atoms with Crippen LogP contribution in [0.25, 0.3) is 0 Å². The van der Waals surface area contributed by atoms with Crippen molar-refractivity contribution in [2.75, 3.05) is 20.2 Å². The Kier molecular flexibility index (Phi) is 5.59. The van der Waals surface area contributed by atoms with E-state index in [0.717, 1.165) is 6.42 Å².